The van der Waals surface area contributed by atoms with Gasteiger partial charge in [-0.3, -0.25) is 4.90 Å². The zero-order valence-corrected chi connectivity index (χ0v) is 18.3. The maximum absolute atomic E-state index is 9.95. The minimum Gasteiger partial charge on any atom is -0.490 e. The molecule has 2 aromatic carbocycles. The molecule has 2 unspecified atom stereocenters. The normalized spacial score (nSPS) is 20.5. The van der Waals surface area contributed by atoms with E-state index in [2.05, 4.69) is 27.2 Å². The van der Waals surface area contributed by atoms with Crippen molar-refractivity contribution in [3.05, 3.63) is 53.1 Å². The fourth-order valence-electron chi connectivity index (χ4n) is 4.83. The fraction of sp³-hybridized carbons (Fsp3) is 0.400. The van der Waals surface area contributed by atoms with Gasteiger partial charge in [0.2, 0.25) is 5.82 Å². The number of aliphatic hydroxyl groups excluding tert-OH is 1. The quantitative estimate of drug-likeness (QED) is 0.651. The molecule has 2 aliphatic rings. The Labute approximate surface area is 187 Å². The lowest BCUT2D eigenvalue weighted by atomic mass is 10.0. The van der Waals surface area contributed by atoms with Gasteiger partial charge in [0, 0.05) is 30.3 Å². The van der Waals surface area contributed by atoms with Gasteiger partial charge in [-0.05, 0) is 62.4 Å². The summed E-state index contributed by atoms with van der Waals surface area (Å²) in [6.07, 6.45) is 2.58. The Morgan fingerprint density at radius 2 is 2.12 bits per heavy atom. The SMILES string of the molecule is CC(C)Oc1ccc(-c2nc(-c3cccc4c3CCC4N3CCC(O)C3)no2)cc1C#N. The predicted octanol–water partition coefficient (Wildman–Crippen LogP) is 4.12. The summed E-state index contributed by atoms with van der Waals surface area (Å²) >= 11 is 0. The van der Waals surface area contributed by atoms with Crippen molar-refractivity contribution < 1.29 is 14.4 Å². The van der Waals surface area contributed by atoms with E-state index in [-0.39, 0.29) is 12.2 Å². The largest absolute Gasteiger partial charge is 0.490 e. The summed E-state index contributed by atoms with van der Waals surface area (Å²) in [5.74, 6) is 1.48. The number of fused-ring (bicyclic) bond motifs is 1. The van der Waals surface area contributed by atoms with Crippen LogP contribution in [-0.4, -0.2) is 45.4 Å². The zero-order chi connectivity index (χ0) is 22.2. The molecule has 1 N–H and O–H groups in total. The third-order valence-electron chi connectivity index (χ3n) is 6.25. The van der Waals surface area contributed by atoms with Gasteiger partial charge in [-0.2, -0.15) is 10.2 Å². The maximum atomic E-state index is 9.95. The third kappa shape index (κ3) is 3.77. The number of ether oxygens (including phenoxy) is 1. The van der Waals surface area contributed by atoms with E-state index in [0.717, 1.165) is 37.9 Å². The Kier molecular flexibility index (Phi) is 5.41. The number of nitrogens with zero attached hydrogens (tertiary/aromatic N) is 4. The number of likely N-dealkylation sites (tertiary alicyclic amines) is 1. The molecule has 1 aromatic heterocycles. The average Bonchev–Trinajstić information content (AvgIpc) is 3.52. The highest BCUT2D eigenvalue weighted by Crippen LogP contribution is 2.41. The van der Waals surface area contributed by atoms with Crippen molar-refractivity contribution in [3.8, 4) is 34.7 Å². The Morgan fingerprint density at radius 1 is 1.25 bits per heavy atom. The smallest absolute Gasteiger partial charge is 0.258 e. The van der Waals surface area contributed by atoms with E-state index in [1.807, 2.05) is 32.0 Å². The van der Waals surface area contributed by atoms with Crippen molar-refractivity contribution in [2.24, 2.45) is 0 Å². The van der Waals surface area contributed by atoms with E-state index in [4.69, 9.17) is 9.26 Å². The molecule has 0 bridgehead atoms. The highest BCUT2D eigenvalue weighted by molar-refractivity contribution is 5.67. The second kappa shape index (κ2) is 8.38. The summed E-state index contributed by atoms with van der Waals surface area (Å²) in [5, 5.41) is 23.7. The lowest BCUT2D eigenvalue weighted by Crippen LogP contribution is -2.26. The van der Waals surface area contributed by atoms with Crippen molar-refractivity contribution >= 4 is 0 Å². The van der Waals surface area contributed by atoms with Gasteiger partial charge >= 0.3 is 0 Å². The molecule has 164 valence electrons. The molecule has 32 heavy (non-hydrogen) atoms. The lowest BCUT2D eigenvalue weighted by molar-refractivity contribution is 0.159. The van der Waals surface area contributed by atoms with Gasteiger partial charge in [-0.15, -0.1) is 0 Å². The second-order valence-electron chi connectivity index (χ2n) is 8.78. The van der Waals surface area contributed by atoms with E-state index in [1.54, 1.807) is 12.1 Å². The van der Waals surface area contributed by atoms with Crippen molar-refractivity contribution in [1.82, 2.24) is 15.0 Å². The van der Waals surface area contributed by atoms with Crippen LogP contribution in [0.3, 0.4) is 0 Å². The minimum atomic E-state index is -0.224. The van der Waals surface area contributed by atoms with Crippen LogP contribution in [0.4, 0.5) is 0 Å². The monoisotopic (exact) mass is 430 g/mol. The number of nitriles is 1. The van der Waals surface area contributed by atoms with E-state index in [9.17, 15) is 10.4 Å². The highest BCUT2D eigenvalue weighted by atomic mass is 16.5. The van der Waals surface area contributed by atoms with Crippen molar-refractivity contribution in [1.29, 1.82) is 5.26 Å². The van der Waals surface area contributed by atoms with Gasteiger partial charge in [0.15, 0.2) is 0 Å². The number of hydrogen-bond acceptors (Lipinski definition) is 7. The Hall–Kier alpha value is -3.21. The fourth-order valence-corrected chi connectivity index (χ4v) is 4.83. The molecular formula is C25H26N4O3. The van der Waals surface area contributed by atoms with Gasteiger partial charge in [0.25, 0.3) is 5.89 Å². The van der Waals surface area contributed by atoms with Crippen LogP contribution in [0.25, 0.3) is 22.8 Å². The molecule has 3 aromatic rings. The molecule has 2 atom stereocenters. The van der Waals surface area contributed by atoms with Crippen LogP contribution in [0.1, 0.15) is 49.4 Å². The molecule has 5 rings (SSSR count). The zero-order valence-electron chi connectivity index (χ0n) is 18.3. The van der Waals surface area contributed by atoms with Crippen LogP contribution in [-0.2, 0) is 6.42 Å². The highest BCUT2D eigenvalue weighted by Gasteiger charge is 2.34. The molecule has 0 radical (unpaired) electrons. The van der Waals surface area contributed by atoms with Crippen LogP contribution in [0.15, 0.2) is 40.9 Å². The third-order valence-corrected chi connectivity index (χ3v) is 6.25. The number of rotatable bonds is 5. The van der Waals surface area contributed by atoms with Gasteiger partial charge in [0.1, 0.15) is 11.8 Å². The van der Waals surface area contributed by atoms with Gasteiger partial charge in [-0.25, -0.2) is 0 Å². The first-order valence-electron chi connectivity index (χ1n) is 11.1. The Balaban J connectivity index is 1.44. The van der Waals surface area contributed by atoms with Crippen molar-refractivity contribution in [2.45, 2.75) is 51.4 Å². The minimum absolute atomic E-state index is 0.0178. The molecule has 7 nitrogen and oxygen atoms in total. The van der Waals surface area contributed by atoms with Crippen LogP contribution < -0.4 is 4.74 Å². The molecule has 1 fully saturated rings. The molecule has 2 heterocycles. The maximum Gasteiger partial charge on any atom is 0.258 e. The summed E-state index contributed by atoms with van der Waals surface area (Å²) in [6, 6.07) is 14.1. The van der Waals surface area contributed by atoms with Crippen LogP contribution in [0.5, 0.6) is 5.75 Å². The number of aromatic nitrogens is 2. The lowest BCUT2D eigenvalue weighted by Gasteiger charge is -2.24. The molecule has 7 heteroatoms. The summed E-state index contributed by atoms with van der Waals surface area (Å²) < 4.78 is 11.3. The van der Waals surface area contributed by atoms with Crippen LogP contribution >= 0.6 is 0 Å². The van der Waals surface area contributed by atoms with Crippen LogP contribution in [0, 0.1) is 11.3 Å². The topological polar surface area (TPSA) is 95.4 Å². The molecule has 1 saturated heterocycles. The van der Waals surface area contributed by atoms with Crippen molar-refractivity contribution in [3.63, 3.8) is 0 Å². The standard InChI is InChI=1S/C25H26N4O3/c1-15(2)31-23-9-6-16(12-17(23)13-26)25-27-24(28-32-25)21-5-3-4-20-19(21)7-8-22(20)29-11-10-18(30)14-29/h3-6,9,12,15,18,22,30H,7-8,10-11,14H2,1-2H3. The van der Waals surface area contributed by atoms with Crippen molar-refractivity contribution in [2.75, 3.05) is 13.1 Å². The van der Waals surface area contributed by atoms with E-state index in [0.29, 0.717) is 34.6 Å². The average molecular weight is 431 g/mol. The summed E-state index contributed by atoms with van der Waals surface area (Å²) in [5.41, 5.74) is 4.66. The van der Waals surface area contributed by atoms with Crippen LogP contribution in [0.2, 0.25) is 0 Å². The van der Waals surface area contributed by atoms with Gasteiger partial charge in [0.05, 0.1) is 17.8 Å². The summed E-state index contributed by atoms with van der Waals surface area (Å²) in [7, 11) is 0. The number of β-amino-alcohol motifs (C(OH)–C–C–N with tert-alkyl or cyclic N) is 1. The molecule has 0 saturated carbocycles. The van der Waals surface area contributed by atoms with E-state index in [1.165, 1.54) is 11.1 Å². The molecular weight excluding hydrogens is 404 g/mol. The first-order valence-corrected chi connectivity index (χ1v) is 11.1. The first-order chi connectivity index (χ1) is 15.5. The number of aliphatic hydroxyl groups is 1. The Bertz CT molecular complexity index is 1180. The molecule has 0 spiro atoms. The molecule has 1 aliphatic heterocycles. The van der Waals surface area contributed by atoms with Gasteiger partial charge < -0.3 is 14.4 Å². The number of benzene rings is 2. The first kappa shape index (κ1) is 20.7. The molecule has 1 aliphatic carbocycles. The summed E-state index contributed by atoms with van der Waals surface area (Å²) in [6.45, 7) is 5.51. The van der Waals surface area contributed by atoms with E-state index < -0.39 is 0 Å². The summed E-state index contributed by atoms with van der Waals surface area (Å²) in [4.78, 5) is 7.03. The van der Waals surface area contributed by atoms with Gasteiger partial charge in [-0.1, -0.05) is 23.4 Å². The Morgan fingerprint density at radius 3 is 2.88 bits per heavy atom. The number of hydrogen-bond donors (Lipinski definition) is 1. The predicted molar refractivity (Wildman–Crippen MR) is 119 cm³/mol. The molecule has 0 amide bonds. The second-order valence-corrected chi connectivity index (χ2v) is 8.78. The van der Waals surface area contributed by atoms with E-state index >= 15 is 0 Å².